The Morgan fingerprint density at radius 1 is 0.976 bits per heavy atom. The van der Waals surface area contributed by atoms with Crippen LogP contribution in [0, 0.1) is 11.3 Å². The smallest absolute Gasteiger partial charge is 0.250 e. The predicted molar refractivity (Wildman–Crippen MR) is 179 cm³/mol. The fourth-order valence-corrected chi connectivity index (χ4v) is 10.1. The molecule has 0 amide bonds. The van der Waals surface area contributed by atoms with Crippen molar-refractivity contribution < 1.29 is 27.8 Å². The van der Waals surface area contributed by atoms with Crippen LogP contribution in [0.3, 0.4) is 0 Å². The van der Waals surface area contributed by atoms with Crippen molar-refractivity contribution in [1.29, 1.82) is 0 Å². The summed E-state index contributed by atoms with van der Waals surface area (Å²) in [5.41, 5.74) is 3.95. The van der Waals surface area contributed by atoms with Gasteiger partial charge in [-0.05, 0) is 65.8 Å². The minimum Gasteiger partial charge on any atom is -0.546 e. The van der Waals surface area contributed by atoms with E-state index in [9.17, 15) is 0 Å². The Morgan fingerprint density at radius 3 is 2.00 bits per heavy atom. The summed E-state index contributed by atoms with van der Waals surface area (Å²) in [6.07, 6.45) is 1.83. The van der Waals surface area contributed by atoms with Crippen molar-refractivity contribution in [3.63, 3.8) is 0 Å². The Hall–Kier alpha value is -1.59. The first kappa shape index (κ1) is 36.6. The molecular weight excluding hydrogens is 561 g/mol. The molecule has 1 aromatic carbocycles. The Labute approximate surface area is 259 Å². The SMILES string of the molecule is CC[Si](CC)(CC)O[C@H](c1c(OC)cccc1C(OC)OC)[C@@H]1CC(O[Si](C)(C)C(C)(C)C)=C(C)/C(=C/OC)C1(C)C. The summed E-state index contributed by atoms with van der Waals surface area (Å²) in [4.78, 5) is 0. The molecule has 0 bridgehead atoms. The summed E-state index contributed by atoms with van der Waals surface area (Å²) in [7, 11) is 2.58. The zero-order chi connectivity index (χ0) is 32.1. The van der Waals surface area contributed by atoms with Crippen LogP contribution in [0.25, 0.3) is 0 Å². The lowest BCUT2D eigenvalue weighted by molar-refractivity contribution is -0.108. The molecule has 1 aromatic rings. The second kappa shape index (κ2) is 14.5. The minimum absolute atomic E-state index is 0.0308. The first-order valence-electron chi connectivity index (χ1n) is 15.6. The second-order valence-electron chi connectivity index (χ2n) is 13.8. The Balaban J connectivity index is 2.97. The van der Waals surface area contributed by atoms with Crippen LogP contribution in [0.1, 0.15) is 92.3 Å². The Bertz CT molecular complexity index is 1090. The van der Waals surface area contributed by atoms with Gasteiger partial charge in [0.15, 0.2) is 14.6 Å². The van der Waals surface area contributed by atoms with Gasteiger partial charge in [-0.3, -0.25) is 0 Å². The molecule has 0 aliphatic heterocycles. The van der Waals surface area contributed by atoms with Gasteiger partial charge in [0.25, 0.3) is 0 Å². The van der Waals surface area contributed by atoms with Gasteiger partial charge in [-0.1, -0.05) is 67.5 Å². The highest BCUT2D eigenvalue weighted by atomic mass is 28.4. The normalized spacial score (nSPS) is 19.8. The van der Waals surface area contributed by atoms with Crippen LogP contribution in [0.15, 0.2) is 41.4 Å². The number of benzene rings is 1. The number of methoxy groups -OCH3 is 4. The molecule has 8 heteroatoms. The van der Waals surface area contributed by atoms with E-state index < -0.39 is 22.9 Å². The maximum Gasteiger partial charge on any atom is 0.250 e. The molecule has 0 aromatic heterocycles. The van der Waals surface area contributed by atoms with E-state index in [0.717, 1.165) is 52.8 Å². The molecule has 2 rings (SSSR count). The third-order valence-electron chi connectivity index (χ3n) is 10.2. The summed E-state index contributed by atoms with van der Waals surface area (Å²) in [6, 6.07) is 9.22. The third-order valence-corrected chi connectivity index (χ3v) is 19.2. The maximum absolute atomic E-state index is 7.59. The van der Waals surface area contributed by atoms with E-state index in [1.54, 1.807) is 28.4 Å². The van der Waals surface area contributed by atoms with E-state index >= 15 is 0 Å². The summed E-state index contributed by atoms with van der Waals surface area (Å²) < 4.78 is 38.2. The molecule has 240 valence electrons. The molecule has 0 unspecified atom stereocenters. The average molecular weight is 621 g/mol. The average Bonchev–Trinajstić information content (AvgIpc) is 2.94. The summed E-state index contributed by atoms with van der Waals surface area (Å²) >= 11 is 0. The van der Waals surface area contributed by atoms with E-state index in [0.29, 0.717) is 0 Å². The third kappa shape index (κ3) is 7.37. The van der Waals surface area contributed by atoms with Gasteiger partial charge in [-0.15, -0.1) is 0 Å². The van der Waals surface area contributed by atoms with E-state index in [-0.39, 0.29) is 22.5 Å². The van der Waals surface area contributed by atoms with Crippen molar-refractivity contribution in [2.24, 2.45) is 11.3 Å². The molecule has 1 aliphatic rings. The quantitative estimate of drug-likeness (QED) is 0.117. The fraction of sp³-hybridized carbons (Fsp3) is 0.706. The van der Waals surface area contributed by atoms with Crippen LogP contribution in [0.4, 0.5) is 0 Å². The molecule has 42 heavy (non-hydrogen) atoms. The number of ether oxygens (including phenoxy) is 4. The van der Waals surface area contributed by atoms with Crippen LogP contribution in [0.2, 0.25) is 36.3 Å². The van der Waals surface area contributed by atoms with Gasteiger partial charge in [-0.25, -0.2) is 0 Å². The highest BCUT2D eigenvalue weighted by molar-refractivity contribution is 6.74. The monoisotopic (exact) mass is 620 g/mol. The molecule has 0 saturated heterocycles. The van der Waals surface area contributed by atoms with Crippen molar-refractivity contribution in [3.8, 4) is 5.75 Å². The van der Waals surface area contributed by atoms with E-state index in [1.807, 2.05) is 18.4 Å². The van der Waals surface area contributed by atoms with E-state index in [1.165, 1.54) is 5.57 Å². The molecule has 6 nitrogen and oxygen atoms in total. The first-order chi connectivity index (χ1) is 19.5. The van der Waals surface area contributed by atoms with E-state index in [2.05, 4.69) is 81.5 Å². The lowest BCUT2D eigenvalue weighted by Crippen LogP contribution is -2.46. The van der Waals surface area contributed by atoms with Gasteiger partial charge in [-0.2, -0.15) is 0 Å². The van der Waals surface area contributed by atoms with Crippen molar-refractivity contribution in [2.75, 3.05) is 28.4 Å². The summed E-state index contributed by atoms with van der Waals surface area (Å²) in [6.45, 7) is 25.2. The molecular formula is C34H60O6Si2. The van der Waals surface area contributed by atoms with Crippen molar-refractivity contribution in [3.05, 3.63) is 52.5 Å². The van der Waals surface area contributed by atoms with Crippen molar-refractivity contribution in [2.45, 2.75) is 117 Å². The van der Waals surface area contributed by atoms with Crippen LogP contribution in [-0.4, -0.2) is 45.1 Å². The fourth-order valence-electron chi connectivity index (χ4n) is 6.07. The molecule has 0 heterocycles. The van der Waals surface area contributed by atoms with Gasteiger partial charge in [0.2, 0.25) is 8.32 Å². The zero-order valence-corrected chi connectivity index (χ0v) is 31.3. The molecule has 0 radical (unpaired) electrons. The standard InChI is InChI=1S/C34H60O6Si2/c1-16-42(17-2,18-3)40-31(30-25(32(37-12)38-13)20-19-21-28(30)36-11)26-22-29(39-41(14,15)33(5,6)7)24(4)27(23-35-10)34(26,8)9/h19-21,23,26,31-32H,16-18,22H2,1-15H3/b27-23-/t26-,31-/m0/s1. The van der Waals surface area contributed by atoms with E-state index in [4.69, 9.17) is 27.8 Å². The Morgan fingerprint density at radius 2 is 1.55 bits per heavy atom. The molecule has 2 atom stereocenters. The minimum atomic E-state index is -2.13. The summed E-state index contributed by atoms with van der Waals surface area (Å²) in [5, 5.41) is 0.0679. The first-order valence-corrected chi connectivity index (χ1v) is 21.0. The number of hydrogen-bond acceptors (Lipinski definition) is 6. The predicted octanol–water partition coefficient (Wildman–Crippen LogP) is 9.92. The van der Waals surface area contributed by atoms with Crippen LogP contribution in [0.5, 0.6) is 5.75 Å². The van der Waals surface area contributed by atoms with Crippen LogP contribution in [-0.2, 0) is 23.1 Å². The van der Waals surface area contributed by atoms with Crippen molar-refractivity contribution >= 4 is 16.6 Å². The number of rotatable bonds is 14. The number of hydrogen-bond donors (Lipinski definition) is 0. The molecule has 0 fully saturated rings. The van der Waals surface area contributed by atoms with Gasteiger partial charge in [0.1, 0.15) is 5.75 Å². The largest absolute Gasteiger partial charge is 0.546 e. The van der Waals surface area contributed by atoms with Gasteiger partial charge < -0.3 is 27.8 Å². The molecule has 0 spiro atoms. The van der Waals surface area contributed by atoms with Crippen LogP contribution >= 0.6 is 0 Å². The highest BCUT2D eigenvalue weighted by Gasteiger charge is 2.50. The van der Waals surface area contributed by atoms with Gasteiger partial charge in [0.05, 0.1) is 32.3 Å². The van der Waals surface area contributed by atoms with Gasteiger partial charge in [0, 0.05) is 37.7 Å². The second-order valence-corrected chi connectivity index (χ2v) is 23.2. The van der Waals surface area contributed by atoms with Crippen molar-refractivity contribution in [1.82, 2.24) is 0 Å². The maximum atomic E-state index is 7.59. The Kier molecular flexibility index (Phi) is 12.6. The molecule has 1 aliphatic carbocycles. The lowest BCUT2D eigenvalue weighted by Gasteiger charge is -2.49. The molecule has 0 saturated carbocycles. The van der Waals surface area contributed by atoms with Gasteiger partial charge >= 0.3 is 0 Å². The highest BCUT2D eigenvalue weighted by Crippen LogP contribution is 2.57. The molecule has 0 N–H and O–H groups in total. The number of allylic oxidation sites excluding steroid dienone is 3. The lowest BCUT2D eigenvalue weighted by atomic mass is 9.62. The zero-order valence-electron chi connectivity index (χ0n) is 29.3. The topological polar surface area (TPSA) is 55.4 Å². The summed E-state index contributed by atoms with van der Waals surface area (Å²) in [5.74, 6) is 1.86. The van der Waals surface area contributed by atoms with Crippen LogP contribution < -0.4 is 4.74 Å².